The summed E-state index contributed by atoms with van der Waals surface area (Å²) in [5, 5.41) is 8.76. The number of sulfonamides is 1. The fourth-order valence-electron chi connectivity index (χ4n) is 1.01. The van der Waals surface area contributed by atoms with Gasteiger partial charge < -0.3 is 10.8 Å². The minimum Gasteiger partial charge on any atom is -0.395 e. The van der Waals surface area contributed by atoms with Crippen LogP contribution in [-0.4, -0.2) is 43.0 Å². The molecule has 0 amide bonds. The van der Waals surface area contributed by atoms with Crippen molar-refractivity contribution in [3.63, 3.8) is 0 Å². The molecule has 1 heterocycles. The number of pyridine rings is 1. The van der Waals surface area contributed by atoms with Gasteiger partial charge in [0.1, 0.15) is 10.7 Å². The van der Waals surface area contributed by atoms with Crippen LogP contribution in [0, 0.1) is 0 Å². The summed E-state index contributed by atoms with van der Waals surface area (Å²) in [5.74, 6) is 0.0745. The summed E-state index contributed by atoms with van der Waals surface area (Å²) in [6.45, 7) is -0.254. The molecule has 16 heavy (non-hydrogen) atoms. The number of nitrogen functional groups attached to an aromatic ring is 1. The third-order valence-electron chi connectivity index (χ3n) is 1.97. The van der Waals surface area contributed by atoms with Gasteiger partial charge in [-0.15, -0.1) is 0 Å². The molecule has 0 atom stereocenters. The SMILES string of the molecule is CN(CCO)S(=O)(=O)c1cnc(N)c(Cl)c1. The number of anilines is 1. The maximum atomic E-state index is 11.9. The molecule has 90 valence electrons. The second kappa shape index (κ2) is 4.96. The fraction of sp³-hybridized carbons (Fsp3) is 0.375. The highest BCUT2D eigenvalue weighted by atomic mass is 35.5. The lowest BCUT2D eigenvalue weighted by Gasteiger charge is -2.15. The number of rotatable bonds is 4. The van der Waals surface area contributed by atoms with Crippen LogP contribution in [-0.2, 0) is 10.0 Å². The molecule has 6 nitrogen and oxygen atoms in total. The van der Waals surface area contributed by atoms with Gasteiger partial charge in [-0.05, 0) is 6.07 Å². The lowest BCUT2D eigenvalue weighted by Crippen LogP contribution is -2.29. The van der Waals surface area contributed by atoms with E-state index in [2.05, 4.69) is 4.98 Å². The van der Waals surface area contributed by atoms with Crippen LogP contribution in [0.15, 0.2) is 17.2 Å². The molecule has 0 saturated heterocycles. The summed E-state index contributed by atoms with van der Waals surface area (Å²) >= 11 is 5.68. The molecule has 0 aliphatic rings. The van der Waals surface area contributed by atoms with Crippen molar-refractivity contribution in [2.75, 3.05) is 25.9 Å². The second-order valence-corrected chi connectivity index (χ2v) is 5.54. The smallest absolute Gasteiger partial charge is 0.244 e. The predicted octanol–water partition coefficient (Wildman–Crippen LogP) is -0.0700. The van der Waals surface area contributed by atoms with Crippen molar-refractivity contribution in [2.24, 2.45) is 0 Å². The van der Waals surface area contributed by atoms with Crippen molar-refractivity contribution >= 4 is 27.4 Å². The van der Waals surface area contributed by atoms with Crippen LogP contribution in [0.25, 0.3) is 0 Å². The van der Waals surface area contributed by atoms with Crippen molar-refractivity contribution in [1.82, 2.24) is 9.29 Å². The summed E-state index contributed by atoms with van der Waals surface area (Å²) in [6, 6.07) is 1.23. The lowest BCUT2D eigenvalue weighted by molar-refractivity contribution is 0.266. The molecule has 1 rings (SSSR count). The molecule has 0 radical (unpaired) electrons. The first-order valence-corrected chi connectivity index (χ1v) is 6.19. The molecule has 0 aliphatic carbocycles. The van der Waals surface area contributed by atoms with Crippen LogP contribution in [0.5, 0.6) is 0 Å². The molecule has 3 N–H and O–H groups in total. The van der Waals surface area contributed by atoms with E-state index in [0.29, 0.717) is 0 Å². The van der Waals surface area contributed by atoms with E-state index in [1.807, 2.05) is 0 Å². The van der Waals surface area contributed by atoms with E-state index in [4.69, 9.17) is 22.4 Å². The molecule has 8 heteroatoms. The third-order valence-corrected chi connectivity index (χ3v) is 4.09. The van der Waals surface area contributed by atoms with Crippen LogP contribution in [0.2, 0.25) is 5.02 Å². The maximum absolute atomic E-state index is 11.9. The number of likely N-dealkylation sites (N-methyl/N-ethyl adjacent to an activating group) is 1. The van der Waals surface area contributed by atoms with E-state index >= 15 is 0 Å². The Hall–Kier alpha value is -0.890. The number of nitrogens with two attached hydrogens (primary N) is 1. The topological polar surface area (TPSA) is 96.5 Å². The van der Waals surface area contributed by atoms with E-state index in [0.717, 1.165) is 10.5 Å². The third kappa shape index (κ3) is 2.62. The zero-order valence-electron chi connectivity index (χ0n) is 8.59. The van der Waals surface area contributed by atoms with Gasteiger partial charge in [-0.25, -0.2) is 13.4 Å². The Kier molecular flexibility index (Phi) is 4.09. The van der Waals surface area contributed by atoms with Gasteiger partial charge in [-0.2, -0.15) is 4.31 Å². The van der Waals surface area contributed by atoms with E-state index in [9.17, 15) is 8.42 Å². The molecule has 0 unspecified atom stereocenters. The van der Waals surface area contributed by atoms with Crippen molar-refractivity contribution < 1.29 is 13.5 Å². The Morgan fingerprint density at radius 1 is 1.62 bits per heavy atom. The Balaban J connectivity index is 3.12. The zero-order valence-corrected chi connectivity index (χ0v) is 10.2. The van der Waals surface area contributed by atoms with E-state index in [1.54, 1.807) is 0 Å². The summed E-state index contributed by atoms with van der Waals surface area (Å²) in [6.07, 6.45) is 1.13. The van der Waals surface area contributed by atoms with Crippen LogP contribution >= 0.6 is 11.6 Å². The van der Waals surface area contributed by atoms with Gasteiger partial charge in [0, 0.05) is 19.8 Å². The van der Waals surface area contributed by atoms with E-state index in [-0.39, 0.29) is 28.9 Å². The largest absolute Gasteiger partial charge is 0.395 e. The molecule has 0 aliphatic heterocycles. The molecule has 1 aromatic rings. The molecule has 0 fully saturated rings. The summed E-state index contributed by atoms with van der Waals surface area (Å²) < 4.78 is 24.7. The quantitative estimate of drug-likeness (QED) is 0.794. The van der Waals surface area contributed by atoms with Gasteiger partial charge in [0.05, 0.1) is 11.6 Å². The number of aromatic nitrogens is 1. The predicted molar refractivity (Wildman–Crippen MR) is 60.6 cm³/mol. The van der Waals surface area contributed by atoms with Crippen LogP contribution < -0.4 is 5.73 Å². The number of aliphatic hydroxyl groups is 1. The Labute approximate surface area is 98.7 Å². The van der Waals surface area contributed by atoms with E-state index in [1.165, 1.54) is 13.1 Å². The lowest BCUT2D eigenvalue weighted by atomic mass is 10.5. The number of halogens is 1. The highest BCUT2D eigenvalue weighted by Gasteiger charge is 2.21. The zero-order chi connectivity index (χ0) is 12.3. The highest BCUT2D eigenvalue weighted by molar-refractivity contribution is 7.89. The standard InChI is InChI=1S/C8H12ClN3O3S/c1-12(2-3-13)16(14,15)6-4-7(9)8(10)11-5-6/h4-5,13H,2-3H2,1H3,(H2,10,11). The Bertz CT molecular complexity index is 477. The maximum Gasteiger partial charge on any atom is 0.244 e. The molecule has 0 saturated carbocycles. The molecular formula is C8H12ClN3O3S. The van der Waals surface area contributed by atoms with E-state index < -0.39 is 10.0 Å². The summed E-state index contributed by atoms with van der Waals surface area (Å²) in [4.78, 5) is 3.61. The van der Waals surface area contributed by atoms with Crippen molar-refractivity contribution in [3.05, 3.63) is 17.3 Å². The van der Waals surface area contributed by atoms with Gasteiger partial charge in [-0.1, -0.05) is 11.6 Å². The van der Waals surface area contributed by atoms with Gasteiger partial charge in [0.15, 0.2) is 0 Å². The number of hydrogen-bond acceptors (Lipinski definition) is 5. The second-order valence-electron chi connectivity index (χ2n) is 3.09. The minimum atomic E-state index is -3.67. The first-order chi connectivity index (χ1) is 7.39. The number of hydrogen-bond donors (Lipinski definition) is 2. The average Bonchev–Trinajstić information content (AvgIpc) is 2.22. The average molecular weight is 266 g/mol. The van der Waals surface area contributed by atoms with Crippen molar-refractivity contribution in [2.45, 2.75) is 4.90 Å². The molecule has 1 aromatic heterocycles. The monoisotopic (exact) mass is 265 g/mol. The Morgan fingerprint density at radius 2 is 2.25 bits per heavy atom. The summed E-state index contributed by atoms with van der Waals surface area (Å²) in [5.41, 5.74) is 5.38. The normalized spacial score (nSPS) is 12.0. The molecular weight excluding hydrogens is 254 g/mol. The van der Waals surface area contributed by atoms with Gasteiger partial charge >= 0.3 is 0 Å². The molecule has 0 aromatic carbocycles. The van der Waals surface area contributed by atoms with Crippen molar-refractivity contribution in [1.29, 1.82) is 0 Å². The van der Waals surface area contributed by atoms with Crippen LogP contribution in [0.4, 0.5) is 5.82 Å². The van der Waals surface area contributed by atoms with Crippen LogP contribution in [0.1, 0.15) is 0 Å². The van der Waals surface area contributed by atoms with Gasteiger partial charge in [0.25, 0.3) is 0 Å². The molecule has 0 bridgehead atoms. The van der Waals surface area contributed by atoms with Crippen molar-refractivity contribution in [3.8, 4) is 0 Å². The first-order valence-electron chi connectivity index (χ1n) is 4.38. The first kappa shape index (κ1) is 13.2. The summed E-state index contributed by atoms with van der Waals surface area (Å²) in [7, 11) is -2.31. The number of nitrogens with zero attached hydrogens (tertiary/aromatic N) is 2. The van der Waals surface area contributed by atoms with Gasteiger partial charge in [-0.3, -0.25) is 0 Å². The Morgan fingerprint density at radius 3 is 2.75 bits per heavy atom. The fourth-order valence-corrected chi connectivity index (χ4v) is 2.38. The number of aliphatic hydroxyl groups excluding tert-OH is 1. The molecule has 0 spiro atoms. The minimum absolute atomic E-state index is 0.00429. The van der Waals surface area contributed by atoms with Crippen LogP contribution in [0.3, 0.4) is 0 Å². The van der Waals surface area contributed by atoms with Gasteiger partial charge in [0.2, 0.25) is 10.0 Å². The highest BCUT2D eigenvalue weighted by Crippen LogP contribution is 2.21.